The highest BCUT2D eigenvalue weighted by molar-refractivity contribution is 6.32. The molecule has 0 radical (unpaired) electrons. The van der Waals surface area contributed by atoms with Gasteiger partial charge in [0.15, 0.2) is 11.5 Å². The second-order valence-corrected chi connectivity index (χ2v) is 7.34. The fraction of sp³-hybridized carbons (Fsp3) is 0.632. The van der Waals surface area contributed by atoms with Crippen LogP contribution in [0.5, 0.6) is 11.5 Å². The molecule has 26 heavy (non-hydrogen) atoms. The number of halogens is 2. The lowest BCUT2D eigenvalue weighted by molar-refractivity contribution is 0.0922. The summed E-state index contributed by atoms with van der Waals surface area (Å²) in [6.07, 6.45) is 4.09. The van der Waals surface area contributed by atoms with E-state index in [9.17, 15) is 4.79 Å². The Morgan fingerprint density at radius 3 is 2.65 bits per heavy atom. The Labute approximate surface area is 167 Å². The van der Waals surface area contributed by atoms with Crippen molar-refractivity contribution in [3.8, 4) is 11.5 Å². The summed E-state index contributed by atoms with van der Waals surface area (Å²) in [6, 6.07) is 3.33. The van der Waals surface area contributed by atoms with Crippen LogP contribution >= 0.6 is 24.0 Å². The van der Waals surface area contributed by atoms with Crippen molar-refractivity contribution < 1.29 is 14.3 Å². The summed E-state index contributed by atoms with van der Waals surface area (Å²) < 4.78 is 11.1. The molecule has 1 aliphatic heterocycles. The van der Waals surface area contributed by atoms with Crippen LogP contribution in [0.1, 0.15) is 49.9 Å². The molecule has 0 bridgehead atoms. The number of nitrogens with one attached hydrogen (secondary N) is 2. The van der Waals surface area contributed by atoms with Crippen molar-refractivity contribution in [2.75, 3.05) is 33.4 Å². The van der Waals surface area contributed by atoms with Crippen molar-refractivity contribution in [1.29, 1.82) is 0 Å². The Morgan fingerprint density at radius 1 is 1.35 bits per heavy atom. The van der Waals surface area contributed by atoms with Gasteiger partial charge in [-0.05, 0) is 49.9 Å². The van der Waals surface area contributed by atoms with Crippen LogP contribution < -0.4 is 20.1 Å². The smallest absolute Gasteiger partial charge is 0.251 e. The monoisotopic (exact) mass is 404 g/mol. The van der Waals surface area contributed by atoms with Crippen LogP contribution in [0.2, 0.25) is 5.02 Å². The largest absolute Gasteiger partial charge is 0.493 e. The number of amides is 1. The molecule has 0 unspecified atom stereocenters. The van der Waals surface area contributed by atoms with Gasteiger partial charge in [-0.1, -0.05) is 31.9 Å². The Bertz CT molecular complexity index is 590. The fourth-order valence-corrected chi connectivity index (χ4v) is 3.18. The van der Waals surface area contributed by atoms with E-state index in [4.69, 9.17) is 21.1 Å². The zero-order chi connectivity index (χ0) is 18.3. The van der Waals surface area contributed by atoms with Crippen LogP contribution in [0.4, 0.5) is 0 Å². The number of hydrogen-bond acceptors (Lipinski definition) is 4. The minimum absolute atomic E-state index is 0. The summed E-state index contributed by atoms with van der Waals surface area (Å²) in [4.78, 5) is 12.5. The second kappa shape index (κ2) is 10.9. The van der Waals surface area contributed by atoms with Gasteiger partial charge < -0.3 is 20.1 Å². The van der Waals surface area contributed by atoms with Gasteiger partial charge in [0.2, 0.25) is 0 Å². The molecule has 1 fully saturated rings. The van der Waals surface area contributed by atoms with E-state index < -0.39 is 0 Å². The van der Waals surface area contributed by atoms with Gasteiger partial charge in [-0.15, -0.1) is 12.4 Å². The molecular weight excluding hydrogens is 375 g/mol. The van der Waals surface area contributed by atoms with E-state index in [1.807, 2.05) is 0 Å². The van der Waals surface area contributed by atoms with E-state index in [0.717, 1.165) is 38.8 Å². The van der Waals surface area contributed by atoms with Crippen molar-refractivity contribution in [2.24, 2.45) is 5.41 Å². The van der Waals surface area contributed by atoms with E-state index >= 15 is 0 Å². The lowest BCUT2D eigenvalue weighted by Gasteiger charge is -2.34. The van der Waals surface area contributed by atoms with Crippen molar-refractivity contribution in [2.45, 2.75) is 39.5 Å². The minimum Gasteiger partial charge on any atom is -0.493 e. The molecule has 5 nitrogen and oxygen atoms in total. The zero-order valence-electron chi connectivity index (χ0n) is 15.8. The number of methoxy groups -OCH3 is 1. The number of benzene rings is 1. The molecule has 0 aliphatic carbocycles. The molecular formula is C19H30Cl2N2O3. The van der Waals surface area contributed by atoms with Gasteiger partial charge in [0, 0.05) is 12.1 Å². The van der Waals surface area contributed by atoms with Crippen LogP contribution in [0.3, 0.4) is 0 Å². The minimum atomic E-state index is -0.139. The number of rotatable bonds is 8. The van der Waals surface area contributed by atoms with Gasteiger partial charge in [-0.3, -0.25) is 4.79 Å². The number of piperidine rings is 1. The van der Waals surface area contributed by atoms with E-state index in [-0.39, 0.29) is 23.7 Å². The zero-order valence-corrected chi connectivity index (χ0v) is 17.4. The van der Waals surface area contributed by atoms with E-state index in [1.165, 1.54) is 0 Å². The first-order valence-electron chi connectivity index (χ1n) is 8.98. The maximum Gasteiger partial charge on any atom is 0.251 e. The summed E-state index contributed by atoms with van der Waals surface area (Å²) in [6.45, 7) is 7.53. The van der Waals surface area contributed by atoms with E-state index in [0.29, 0.717) is 35.2 Å². The summed E-state index contributed by atoms with van der Waals surface area (Å²) >= 11 is 6.32. The average molecular weight is 405 g/mol. The Kier molecular flexibility index (Phi) is 9.55. The molecule has 2 N–H and O–H groups in total. The normalized spacial score (nSPS) is 15.7. The predicted octanol–water partition coefficient (Wildman–Crippen LogP) is 4.07. The lowest BCUT2D eigenvalue weighted by Crippen LogP contribution is -2.42. The highest BCUT2D eigenvalue weighted by Gasteiger charge is 2.27. The van der Waals surface area contributed by atoms with Gasteiger partial charge in [0.1, 0.15) is 0 Å². The third-order valence-corrected chi connectivity index (χ3v) is 5.00. The van der Waals surface area contributed by atoms with Crippen LogP contribution in [-0.4, -0.2) is 39.3 Å². The molecule has 1 aromatic carbocycles. The predicted molar refractivity (Wildman–Crippen MR) is 108 cm³/mol. The standard InChI is InChI=1S/C19H29ClN2O3.ClH/c1-4-5-10-25-17-15(20)11-14(12-16(17)24-3)18(23)22-13-19(2)6-8-21-9-7-19;/h11-12,21H,4-10,13H2,1-3H3,(H,22,23);1H. The van der Waals surface area contributed by atoms with Gasteiger partial charge >= 0.3 is 0 Å². The number of carbonyl (C=O) groups excluding carboxylic acids is 1. The molecule has 148 valence electrons. The Morgan fingerprint density at radius 2 is 2.04 bits per heavy atom. The summed E-state index contributed by atoms with van der Waals surface area (Å²) in [5.41, 5.74) is 0.625. The highest BCUT2D eigenvalue weighted by Crippen LogP contribution is 2.36. The lowest BCUT2D eigenvalue weighted by atomic mass is 9.81. The molecule has 0 spiro atoms. The van der Waals surface area contributed by atoms with Crippen LogP contribution in [0.25, 0.3) is 0 Å². The Balaban J connectivity index is 0.00000338. The van der Waals surface area contributed by atoms with Crippen molar-refractivity contribution in [3.63, 3.8) is 0 Å². The second-order valence-electron chi connectivity index (χ2n) is 6.93. The third-order valence-electron chi connectivity index (χ3n) is 4.72. The molecule has 1 amide bonds. The van der Waals surface area contributed by atoms with Gasteiger partial charge in [-0.2, -0.15) is 0 Å². The summed E-state index contributed by atoms with van der Waals surface area (Å²) in [5.74, 6) is 0.849. The fourth-order valence-electron chi connectivity index (χ4n) is 2.91. The molecule has 2 rings (SSSR count). The quantitative estimate of drug-likeness (QED) is 0.641. The highest BCUT2D eigenvalue weighted by atomic mass is 35.5. The van der Waals surface area contributed by atoms with Crippen LogP contribution in [0, 0.1) is 5.41 Å². The molecule has 1 aliphatic rings. The molecule has 1 heterocycles. The molecule has 0 saturated carbocycles. The van der Waals surface area contributed by atoms with Crippen LogP contribution in [-0.2, 0) is 0 Å². The van der Waals surface area contributed by atoms with Crippen molar-refractivity contribution in [1.82, 2.24) is 10.6 Å². The maximum absolute atomic E-state index is 12.5. The maximum atomic E-state index is 12.5. The molecule has 0 aromatic heterocycles. The summed E-state index contributed by atoms with van der Waals surface area (Å²) in [5, 5.41) is 6.78. The van der Waals surface area contributed by atoms with Gasteiger partial charge in [0.25, 0.3) is 5.91 Å². The third kappa shape index (κ3) is 6.22. The molecule has 1 saturated heterocycles. The Hall–Kier alpha value is -1.17. The SMILES string of the molecule is CCCCOc1c(Cl)cc(C(=O)NCC2(C)CCNCC2)cc1OC.Cl. The first kappa shape index (κ1) is 22.9. The van der Waals surface area contributed by atoms with E-state index in [2.05, 4.69) is 24.5 Å². The van der Waals surface area contributed by atoms with Gasteiger partial charge in [0.05, 0.1) is 18.7 Å². The first-order valence-corrected chi connectivity index (χ1v) is 9.36. The average Bonchev–Trinajstić information content (AvgIpc) is 2.61. The number of carbonyl (C=O) groups is 1. The number of ether oxygens (including phenoxy) is 2. The number of hydrogen-bond donors (Lipinski definition) is 2. The summed E-state index contributed by atoms with van der Waals surface area (Å²) in [7, 11) is 1.55. The number of unbranched alkanes of at least 4 members (excludes halogenated alkanes) is 1. The van der Waals surface area contributed by atoms with Crippen molar-refractivity contribution >= 4 is 29.9 Å². The molecule has 1 aromatic rings. The van der Waals surface area contributed by atoms with Gasteiger partial charge in [-0.25, -0.2) is 0 Å². The van der Waals surface area contributed by atoms with Crippen LogP contribution in [0.15, 0.2) is 12.1 Å². The van der Waals surface area contributed by atoms with E-state index in [1.54, 1.807) is 19.2 Å². The molecule has 7 heteroatoms. The van der Waals surface area contributed by atoms with Crippen molar-refractivity contribution in [3.05, 3.63) is 22.7 Å². The molecule has 0 atom stereocenters. The topological polar surface area (TPSA) is 59.6 Å². The first-order chi connectivity index (χ1) is 12.0.